The minimum Gasteiger partial charge on any atom is -0.456 e. The first-order chi connectivity index (χ1) is 18.0. The van der Waals surface area contributed by atoms with Gasteiger partial charge in [0.2, 0.25) is 5.56 Å². The van der Waals surface area contributed by atoms with Crippen LogP contribution in [0.25, 0.3) is 0 Å². The molecule has 4 heterocycles. The molecule has 4 aromatic rings. The number of hydrogen-bond donors (Lipinski definition) is 2. The van der Waals surface area contributed by atoms with Crippen LogP contribution in [0.1, 0.15) is 28.4 Å². The highest BCUT2D eigenvalue weighted by Crippen LogP contribution is 2.43. The maximum atomic E-state index is 14.8. The number of hydrogen-bond acceptors (Lipinski definition) is 6. The summed E-state index contributed by atoms with van der Waals surface area (Å²) in [5, 5.41) is 3.98. The second kappa shape index (κ2) is 9.88. The minimum atomic E-state index is -0.397. The molecule has 6 rings (SSSR count). The van der Waals surface area contributed by atoms with E-state index >= 15 is 0 Å². The molecule has 0 saturated carbocycles. The van der Waals surface area contributed by atoms with Crippen molar-refractivity contribution in [3.8, 4) is 11.5 Å². The summed E-state index contributed by atoms with van der Waals surface area (Å²) in [6, 6.07) is 14.2. The normalized spacial score (nSPS) is 16.5. The Morgan fingerprint density at radius 2 is 2.05 bits per heavy atom. The van der Waals surface area contributed by atoms with Crippen LogP contribution in [0.3, 0.4) is 0 Å². The maximum absolute atomic E-state index is 14.8. The molecule has 37 heavy (non-hydrogen) atoms. The molecule has 2 aromatic heterocycles. The number of anilines is 2. The van der Waals surface area contributed by atoms with Crippen LogP contribution in [0.5, 0.6) is 11.5 Å². The monoisotopic (exact) mass is 518 g/mol. The van der Waals surface area contributed by atoms with Crippen molar-refractivity contribution >= 4 is 23.0 Å². The van der Waals surface area contributed by atoms with Crippen molar-refractivity contribution in [2.24, 2.45) is 0 Å². The van der Waals surface area contributed by atoms with E-state index in [-0.39, 0.29) is 11.4 Å². The lowest BCUT2D eigenvalue weighted by molar-refractivity contribution is 0.0382. The average Bonchev–Trinajstić information content (AvgIpc) is 2.90. The van der Waals surface area contributed by atoms with Gasteiger partial charge >= 0.3 is 0 Å². The van der Waals surface area contributed by atoms with Gasteiger partial charge in [0.25, 0.3) is 0 Å². The first-order valence-electron chi connectivity index (χ1n) is 12.0. The zero-order chi connectivity index (χ0) is 25.4. The van der Waals surface area contributed by atoms with Crippen molar-refractivity contribution in [1.82, 2.24) is 9.97 Å². The van der Waals surface area contributed by atoms with Crippen LogP contribution in [-0.2, 0) is 17.7 Å². The number of ether oxygens (including phenoxy) is 2. The van der Waals surface area contributed by atoms with E-state index in [1.165, 1.54) is 12.1 Å². The molecule has 1 atom stereocenters. The molecule has 188 valence electrons. The van der Waals surface area contributed by atoms with E-state index < -0.39 is 6.10 Å². The summed E-state index contributed by atoms with van der Waals surface area (Å²) in [6.07, 6.45) is 5.14. The molecule has 1 fully saturated rings. The lowest BCUT2D eigenvalue weighted by atomic mass is 9.94. The summed E-state index contributed by atoms with van der Waals surface area (Å²) < 4.78 is 27.2. The Hall–Kier alpha value is -3.88. The summed E-state index contributed by atoms with van der Waals surface area (Å²) in [5.74, 6) is 1.04. The molecular weight excluding hydrogens is 495 g/mol. The number of nitrogens with zero attached hydrogens (tertiary/aromatic N) is 2. The molecule has 2 aliphatic heterocycles. The van der Waals surface area contributed by atoms with E-state index in [2.05, 4.69) is 20.2 Å². The average molecular weight is 519 g/mol. The molecular formula is C28H24ClFN4O3. The number of halogens is 2. The van der Waals surface area contributed by atoms with Gasteiger partial charge in [-0.15, -0.1) is 0 Å². The predicted molar refractivity (Wildman–Crippen MR) is 140 cm³/mol. The smallest absolute Gasteiger partial charge is 0.249 e. The van der Waals surface area contributed by atoms with Crippen LogP contribution in [0.15, 0.2) is 71.9 Å². The summed E-state index contributed by atoms with van der Waals surface area (Å²) in [7, 11) is 0. The summed E-state index contributed by atoms with van der Waals surface area (Å²) in [4.78, 5) is 20.6. The molecule has 0 bridgehead atoms. The topological polar surface area (TPSA) is 79.5 Å². The lowest BCUT2D eigenvalue weighted by Gasteiger charge is -2.36. The van der Waals surface area contributed by atoms with Crippen molar-refractivity contribution < 1.29 is 13.9 Å². The number of pyridine rings is 2. The summed E-state index contributed by atoms with van der Waals surface area (Å²) >= 11 is 6.03. The van der Waals surface area contributed by atoms with Gasteiger partial charge < -0.3 is 24.7 Å². The van der Waals surface area contributed by atoms with Gasteiger partial charge in [-0.1, -0.05) is 11.6 Å². The second-order valence-corrected chi connectivity index (χ2v) is 9.60. The molecule has 0 aliphatic carbocycles. The van der Waals surface area contributed by atoms with Gasteiger partial charge in [-0.3, -0.25) is 9.78 Å². The molecule has 2 aliphatic rings. The number of fused-ring (bicyclic) bond motifs is 2. The first-order valence-corrected chi connectivity index (χ1v) is 12.4. The highest BCUT2D eigenvalue weighted by Gasteiger charge is 2.30. The Morgan fingerprint density at radius 3 is 2.92 bits per heavy atom. The van der Waals surface area contributed by atoms with E-state index in [9.17, 15) is 9.18 Å². The zero-order valence-corrected chi connectivity index (χ0v) is 20.6. The van der Waals surface area contributed by atoms with Crippen LogP contribution in [0.4, 0.5) is 15.8 Å². The highest BCUT2D eigenvalue weighted by molar-refractivity contribution is 6.30. The molecule has 2 aromatic carbocycles. The van der Waals surface area contributed by atoms with E-state index in [1.54, 1.807) is 24.7 Å². The predicted octanol–water partition coefficient (Wildman–Crippen LogP) is 5.45. The fourth-order valence-corrected chi connectivity index (χ4v) is 5.07. The number of rotatable bonds is 5. The summed E-state index contributed by atoms with van der Waals surface area (Å²) in [5.41, 5.74) is 4.95. The third kappa shape index (κ3) is 5.03. The van der Waals surface area contributed by atoms with Crippen molar-refractivity contribution in [3.05, 3.63) is 111 Å². The standard InChI is InChI=1S/C28H24ClFN4O3/c29-20-7-17(13-31-15-20)14-33-22-1-2-25-18(10-22)8-19-9-21(30)11-24(28(19)37-25)26-16-34(5-6-36-26)23-3-4-32-27(35)12-23/h1-4,7,9-13,15,26,33H,5-6,8,14,16H2,(H,32,35). The lowest BCUT2D eigenvalue weighted by Crippen LogP contribution is -2.39. The largest absolute Gasteiger partial charge is 0.456 e. The Morgan fingerprint density at radius 1 is 1.14 bits per heavy atom. The SMILES string of the molecule is O=c1cc(N2CCOC(c3cc(F)cc4c3Oc3ccc(NCc5cncc(Cl)c5)cc3C4)C2)cc[nH]1. The van der Waals surface area contributed by atoms with Gasteiger partial charge in [0.1, 0.15) is 23.4 Å². The molecule has 7 nitrogen and oxygen atoms in total. The van der Waals surface area contributed by atoms with E-state index in [0.29, 0.717) is 49.0 Å². The maximum Gasteiger partial charge on any atom is 0.249 e. The van der Waals surface area contributed by atoms with Crippen molar-refractivity contribution in [3.63, 3.8) is 0 Å². The number of aromatic nitrogens is 2. The molecule has 0 spiro atoms. The molecule has 0 amide bonds. The van der Waals surface area contributed by atoms with Crippen LogP contribution >= 0.6 is 11.6 Å². The van der Waals surface area contributed by atoms with E-state index in [4.69, 9.17) is 21.1 Å². The van der Waals surface area contributed by atoms with Gasteiger partial charge in [-0.25, -0.2) is 4.39 Å². The van der Waals surface area contributed by atoms with Gasteiger partial charge in [0.15, 0.2) is 0 Å². The summed E-state index contributed by atoms with van der Waals surface area (Å²) in [6.45, 7) is 2.15. The highest BCUT2D eigenvalue weighted by atomic mass is 35.5. The number of morpholine rings is 1. The van der Waals surface area contributed by atoms with Crippen LogP contribution < -0.4 is 20.5 Å². The van der Waals surface area contributed by atoms with Gasteiger partial charge in [-0.05, 0) is 48.0 Å². The quantitative estimate of drug-likeness (QED) is 0.322. The van der Waals surface area contributed by atoms with Crippen molar-refractivity contribution in [2.75, 3.05) is 29.9 Å². The molecule has 9 heteroatoms. The number of nitrogens with one attached hydrogen (secondary N) is 2. The van der Waals surface area contributed by atoms with Crippen molar-refractivity contribution in [1.29, 1.82) is 0 Å². The third-order valence-electron chi connectivity index (χ3n) is 6.61. The van der Waals surface area contributed by atoms with Gasteiger partial charge in [-0.2, -0.15) is 0 Å². The molecule has 1 saturated heterocycles. The number of aromatic amines is 1. The first kappa shape index (κ1) is 23.5. The van der Waals surface area contributed by atoms with E-state index in [0.717, 1.165) is 33.8 Å². The second-order valence-electron chi connectivity index (χ2n) is 9.17. The number of H-pyrrole nitrogens is 1. The van der Waals surface area contributed by atoms with Crippen molar-refractivity contribution in [2.45, 2.75) is 19.1 Å². The zero-order valence-electron chi connectivity index (χ0n) is 19.8. The number of benzene rings is 2. The van der Waals surface area contributed by atoms with Crippen LogP contribution in [0, 0.1) is 5.82 Å². The van der Waals surface area contributed by atoms with Crippen LogP contribution in [-0.4, -0.2) is 29.7 Å². The Kier molecular flexibility index (Phi) is 6.28. The Labute approximate surface area is 217 Å². The Balaban J connectivity index is 1.23. The van der Waals surface area contributed by atoms with Gasteiger partial charge in [0.05, 0.1) is 11.6 Å². The molecule has 1 unspecified atom stereocenters. The minimum absolute atomic E-state index is 0.165. The fourth-order valence-electron chi connectivity index (χ4n) is 4.87. The van der Waals surface area contributed by atoms with Gasteiger partial charge in [0, 0.05) is 78.8 Å². The third-order valence-corrected chi connectivity index (χ3v) is 6.81. The fraction of sp³-hybridized carbons (Fsp3) is 0.214. The molecule has 0 radical (unpaired) electrons. The Bertz CT molecular complexity index is 1530. The van der Waals surface area contributed by atoms with E-state index in [1.807, 2.05) is 30.3 Å². The molecule has 2 N–H and O–H groups in total. The van der Waals surface area contributed by atoms with Crippen LogP contribution in [0.2, 0.25) is 5.02 Å².